The first kappa shape index (κ1) is 13.3. The number of nitrogens with zero attached hydrogens (tertiary/aromatic N) is 1. The molecule has 3 rings (SSSR count). The molecule has 0 aliphatic rings. The number of carbonyl (C=O) groups excluding carboxylic acids is 1. The normalized spacial score (nSPS) is 10.5. The van der Waals surface area contributed by atoms with Gasteiger partial charge in [0.25, 0.3) is 0 Å². The largest absolute Gasteiger partial charge is 0.486 e. The quantitative estimate of drug-likeness (QED) is 0.717. The van der Waals surface area contributed by atoms with Crippen molar-refractivity contribution in [3.8, 4) is 5.75 Å². The highest BCUT2D eigenvalue weighted by molar-refractivity contribution is 5.83. The van der Waals surface area contributed by atoms with Crippen LogP contribution in [0.3, 0.4) is 0 Å². The van der Waals surface area contributed by atoms with E-state index in [1.54, 1.807) is 0 Å². The van der Waals surface area contributed by atoms with Crippen molar-refractivity contribution in [1.29, 1.82) is 0 Å². The van der Waals surface area contributed by atoms with Crippen molar-refractivity contribution in [2.24, 2.45) is 0 Å². The summed E-state index contributed by atoms with van der Waals surface area (Å²) in [5.74, 6) is 0.721. The molecule has 3 aromatic rings. The van der Waals surface area contributed by atoms with Crippen molar-refractivity contribution in [1.82, 2.24) is 4.98 Å². The molecule has 0 atom stereocenters. The molecule has 0 N–H and O–H groups in total. The van der Waals surface area contributed by atoms with Gasteiger partial charge in [0, 0.05) is 11.1 Å². The lowest BCUT2D eigenvalue weighted by Gasteiger charge is -2.05. The van der Waals surface area contributed by atoms with Crippen molar-refractivity contribution in [2.45, 2.75) is 6.42 Å². The van der Waals surface area contributed by atoms with Gasteiger partial charge in [-0.15, -0.1) is 0 Å². The van der Waals surface area contributed by atoms with E-state index in [9.17, 15) is 4.79 Å². The lowest BCUT2D eigenvalue weighted by molar-refractivity contribution is -0.120. The van der Waals surface area contributed by atoms with Crippen molar-refractivity contribution < 1.29 is 9.53 Å². The summed E-state index contributed by atoms with van der Waals surface area (Å²) in [6.07, 6.45) is 0.289. The van der Waals surface area contributed by atoms with Gasteiger partial charge in [0.2, 0.25) is 0 Å². The standard InChI is InChI=1S/C18H15NO2/c20-16(13-21-17-7-2-1-3-8-17)12-15-11-10-14-6-4-5-9-18(14)19-15/h1-11H,12-13H2. The molecule has 1 heterocycles. The molecule has 0 aliphatic carbocycles. The summed E-state index contributed by atoms with van der Waals surface area (Å²) in [7, 11) is 0. The zero-order chi connectivity index (χ0) is 14.5. The van der Waals surface area contributed by atoms with Crippen LogP contribution < -0.4 is 4.74 Å². The summed E-state index contributed by atoms with van der Waals surface area (Å²) in [6.45, 7) is 0.0680. The highest BCUT2D eigenvalue weighted by Gasteiger charge is 2.07. The van der Waals surface area contributed by atoms with Gasteiger partial charge in [-0.1, -0.05) is 42.5 Å². The van der Waals surface area contributed by atoms with Gasteiger partial charge >= 0.3 is 0 Å². The molecule has 0 aliphatic heterocycles. The number of hydrogen-bond donors (Lipinski definition) is 0. The van der Waals surface area contributed by atoms with Gasteiger partial charge in [0.05, 0.1) is 11.9 Å². The molecule has 3 heteroatoms. The number of fused-ring (bicyclic) bond motifs is 1. The van der Waals surface area contributed by atoms with Crippen molar-refractivity contribution >= 4 is 16.7 Å². The maximum Gasteiger partial charge on any atom is 0.176 e. The first-order valence-electron chi connectivity index (χ1n) is 6.85. The number of ether oxygens (including phenoxy) is 1. The second kappa shape index (κ2) is 6.18. The van der Waals surface area contributed by atoms with Gasteiger partial charge in [-0.3, -0.25) is 9.78 Å². The Balaban J connectivity index is 1.63. The Hall–Kier alpha value is -2.68. The number of aromatic nitrogens is 1. The van der Waals surface area contributed by atoms with E-state index in [0.29, 0.717) is 5.75 Å². The third-order valence-corrected chi connectivity index (χ3v) is 3.18. The molecule has 1 aromatic heterocycles. The maximum absolute atomic E-state index is 12.0. The second-order valence-electron chi connectivity index (χ2n) is 4.81. The van der Waals surface area contributed by atoms with Gasteiger partial charge in [0.1, 0.15) is 12.4 Å². The third-order valence-electron chi connectivity index (χ3n) is 3.18. The number of hydrogen-bond acceptors (Lipinski definition) is 3. The van der Waals surface area contributed by atoms with Gasteiger partial charge in [0.15, 0.2) is 5.78 Å². The molecule has 0 radical (unpaired) electrons. The molecule has 0 saturated heterocycles. The molecule has 2 aromatic carbocycles. The first-order valence-corrected chi connectivity index (χ1v) is 6.85. The van der Waals surface area contributed by atoms with Crippen LogP contribution in [0.15, 0.2) is 66.7 Å². The SMILES string of the molecule is O=C(COc1ccccc1)Cc1ccc2ccccc2n1. The minimum atomic E-state index is 0.0154. The van der Waals surface area contributed by atoms with E-state index < -0.39 is 0 Å². The average Bonchev–Trinajstić information content (AvgIpc) is 2.54. The summed E-state index contributed by atoms with van der Waals surface area (Å²) in [4.78, 5) is 16.5. The van der Waals surface area contributed by atoms with Gasteiger partial charge in [-0.25, -0.2) is 0 Å². The van der Waals surface area contributed by atoms with Crippen LogP contribution >= 0.6 is 0 Å². The van der Waals surface area contributed by atoms with E-state index in [0.717, 1.165) is 16.6 Å². The molecule has 0 unspecified atom stereocenters. The van der Waals surface area contributed by atoms with E-state index in [2.05, 4.69) is 4.98 Å². The molecule has 3 nitrogen and oxygen atoms in total. The maximum atomic E-state index is 12.0. The monoisotopic (exact) mass is 277 g/mol. The number of carbonyl (C=O) groups is 1. The number of para-hydroxylation sites is 2. The van der Waals surface area contributed by atoms with E-state index in [4.69, 9.17) is 4.74 Å². The fourth-order valence-electron chi connectivity index (χ4n) is 2.14. The molecule has 21 heavy (non-hydrogen) atoms. The minimum absolute atomic E-state index is 0.0154. The average molecular weight is 277 g/mol. The fraction of sp³-hybridized carbons (Fsp3) is 0.111. The van der Waals surface area contributed by atoms with Crippen LogP contribution in [0.25, 0.3) is 10.9 Å². The molecular weight excluding hydrogens is 262 g/mol. The van der Waals surface area contributed by atoms with Crippen LogP contribution in [0.2, 0.25) is 0 Å². The van der Waals surface area contributed by atoms with Crippen LogP contribution in [-0.2, 0) is 11.2 Å². The van der Waals surface area contributed by atoms with E-state index in [-0.39, 0.29) is 18.8 Å². The van der Waals surface area contributed by atoms with Crippen molar-refractivity contribution in [3.05, 3.63) is 72.4 Å². The third kappa shape index (κ3) is 3.45. The summed E-state index contributed by atoms with van der Waals surface area (Å²) in [6, 6.07) is 21.1. The lowest BCUT2D eigenvalue weighted by Crippen LogP contribution is -2.14. The van der Waals surface area contributed by atoms with Crippen LogP contribution in [0.1, 0.15) is 5.69 Å². The number of pyridine rings is 1. The van der Waals surface area contributed by atoms with E-state index >= 15 is 0 Å². The van der Waals surface area contributed by atoms with Crippen LogP contribution in [-0.4, -0.2) is 17.4 Å². The highest BCUT2D eigenvalue weighted by Crippen LogP contribution is 2.13. The zero-order valence-corrected chi connectivity index (χ0v) is 11.5. The molecule has 0 fully saturated rings. The minimum Gasteiger partial charge on any atom is -0.486 e. The molecule has 0 saturated carbocycles. The topological polar surface area (TPSA) is 39.2 Å². The lowest BCUT2D eigenvalue weighted by atomic mass is 10.1. The van der Waals surface area contributed by atoms with Crippen LogP contribution in [0.4, 0.5) is 0 Å². The van der Waals surface area contributed by atoms with E-state index in [1.807, 2.05) is 66.7 Å². The summed E-state index contributed by atoms with van der Waals surface area (Å²) in [5.41, 5.74) is 1.68. The van der Waals surface area contributed by atoms with Crippen molar-refractivity contribution in [2.75, 3.05) is 6.61 Å². The number of benzene rings is 2. The summed E-state index contributed by atoms with van der Waals surface area (Å²) >= 11 is 0. The van der Waals surface area contributed by atoms with Gasteiger partial charge in [-0.05, 0) is 24.3 Å². The van der Waals surface area contributed by atoms with Gasteiger partial charge in [-0.2, -0.15) is 0 Å². The predicted molar refractivity (Wildman–Crippen MR) is 82.4 cm³/mol. The molecule has 0 spiro atoms. The number of Topliss-reactive ketones (excluding diaryl/α,β-unsaturated/α-hetero) is 1. The Kier molecular flexibility index (Phi) is 3.92. The van der Waals surface area contributed by atoms with Crippen LogP contribution in [0.5, 0.6) is 5.75 Å². The van der Waals surface area contributed by atoms with Gasteiger partial charge < -0.3 is 4.74 Å². The summed E-state index contributed by atoms with van der Waals surface area (Å²) < 4.78 is 5.45. The Morgan fingerprint density at radius 2 is 1.67 bits per heavy atom. The zero-order valence-electron chi connectivity index (χ0n) is 11.5. The Morgan fingerprint density at radius 1 is 0.905 bits per heavy atom. The van der Waals surface area contributed by atoms with Crippen LogP contribution in [0, 0.1) is 0 Å². The predicted octanol–water partition coefficient (Wildman–Crippen LogP) is 3.43. The molecule has 0 amide bonds. The van der Waals surface area contributed by atoms with Crippen molar-refractivity contribution in [3.63, 3.8) is 0 Å². The molecule has 104 valence electrons. The fourth-order valence-corrected chi connectivity index (χ4v) is 2.14. The second-order valence-corrected chi connectivity index (χ2v) is 4.81. The molecule has 0 bridgehead atoms. The number of ketones is 1. The Morgan fingerprint density at radius 3 is 2.52 bits per heavy atom. The smallest absolute Gasteiger partial charge is 0.176 e. The Bertz CT molecular complexity index is 753. The first-order chi connectivity index (χ1) is 10.3. The summed E-state index contributed by atoms with van der Waals surface area (Å²) in [5, 5.41) is 1.08. The molecular formula is C18H15NO2. The number of rotatable bonds is 5. The Labute approximate surface area is 123 Å². The highest BCUT2D eigenvalue weighted by atomic mass is 16.5. The van der Waals surface area contributed by atoms with E-state index in [1.165, 1.54) is 0 Å².